The van der Waals surface area contributed by atoms with Crippen molar-refractivity contribution in [3.05, 3.63) is 11.6 Å². The summed E-state index contributed by atoms with van der Waals surface area (Å²) >= 11 is 0. The van der Waals surface area contributed by atoms with E-state index in [0.29, 0.717) is 13.0 Å². The molecule has 8 heteroatoms. The fourth-order valence-corrected chi connectivity index (χ4v) is 4.94. The molecular weight excluding hydrogens is 388 g/mol. The highest BCUT2D eigenvalue weighted by Crippen LogP contribution is 2.59. The zero-order chi connectivity index (χ0) is 22.3. The van der Waals surface area contributed by atoms with Gasteiger partial charge in [0.15, 0.2) is 0 Å². The van der Waals surface area contributed by atoms with Crippen molar-refractivity contribution in [2.75, 3.05) is 13.7 Å². The molecule has 30 heavy (non-hydrogen) atoms. The summed E-state index contributed by atoms with van der Waals surface area (Å²) in [7, 11) is 1.63. The van der Waals surface area contributed by atoms with Crippen molar-refractivity contribution in [1.82, 2.24) is 5.32 Å². The average Bonchev–Trinajstić information content (AvgIpc) is 3.56. The number of nitrogens with two attached hydrogens (primary N) is 1. The Morgan fingerprint density at radius 1 is 1.33 bits per heavy atom. The van der Waals surface area contributed by atoms with E-state index in [1.165, 1.54) is 5.57 Å². The lowest BCUT2D eigenvalue weighted by Crippen LogP contribution is -2.57. The van der Waals surface area contributed by atoms with Crippen LogP contribution in [0.2, 0.25) is 0 Å². The third-order valence-electron chi connectivity index (χ3n) is 6.74. The van der Waals surface area contributed by atoms with Gasteiger partial charge in [0, 0.05) is 7.11 Å². The summed E-state index contributed by atoms with van der Waals surface area (Å²) in [6.07, 6.45) is 3.02. The lowest BCUT2D eigenvalue weighted by Gasteiger charge is -2.42. The van der Waals surface area contributed by atoms with Crippen molar-refractivity contribution in [1.29, 1.82) is 0 Å². The molecule has 0 aromatic heterocycles. The summed E-state index contributed by atoms with van der Waals surface area (Å²) in [5.74, 6) is -0.766. The van der Waals surface area contributed by atoms with Gasteiger partial charge >= 0.3 is 6.09 Å². The molecule has 0 aromatic rings. The molecule has 170 valence electrons. The van der Waals surface area contributed by atoms with Crippen molar-refractivity contribution in [2.24, 2.45) is 17.6 Å². The normalized spacial score (nSPS) is 38.1. The summed E-state index contributed by atoms with van der Waals surface area (Å²) in [4.78, 5) is 24.1. The molecule has 3 N–H and O–H groups in total. The first kappa shape index (κ1) is 23.0. The predicted octanol–water partition coefficient (Wildman–Crippen LogP) is 2.30. The van der Waals surface area contributed by atoms with Crippen LogP contribution in [0.15, 0.2) is 11.6 Å². The summed E-state index contributed by atoms with van der Waals surface area (Å²) < 4.78 is 23.7. The van der Waals surface area contributed by atoms with Gasteiger partial charge in [-0.15, -0.1) is 0 Å². The molecule has 3 aliphatic rings. The molecule has 3 rings (SSSR count). The highest BCUT2D eigenvalue weighted by atomic mass is 16.6. The van der Waals surface area contributed by atoms with E-state index in [1.54, 1.807) is 7.11 Å². The van der Waals surface area contributed by atoms with Crippen molar-refractivity contribution in [3.63, 3.8) is 0 Å². The van der Waals surface area contributed by atoms with Crippen molar-refractivity contribution >= 4 is 12.0 Å². The van der Waals surface area contributed by atoms with E-state index in [0.717, 1.165) is 12.8 Å². The SMILES string of the molecule is CO[C@@H]1[C@H](OC(=O)NC(C(N)=O)C(C)C)CCC2(CO2)[C@H]1[C@@]1(C)O[C@@H]1CC=C(C)C. The zero-order valence-corrected chi connectivity index (χ0v) is 18.9. The first-order valence-corrected chi connectivity index (χ1v) is 10.8. The van der Waals surface area contributed by atoms with Crippen molar-refractivity contribution in [2.45, 2.75) is 89.4 Å². The molecule has 0 radical (unpaired) electrons. The van der Waals surface area contributed by atoms with Gasteiger partial charge in [0.2, 0.25) is 5.91 Å². The number of hydrogen-bond acceptors (Lipinski definition) is 6. The fourth-order valence-electron chi connectivity index (χ4n) is 4.94. The van der Waals surface area contributed by atoms with Gasteiger partial charge in [-0.2, -0.15) is 0 Å². The Bertz CT molecular complexity index is 700. The minimum atomic E-state index is -0.784. The van der Waals surface area contributed by atoms with Gasteiger partial charge < -0.3 is 30.0 Å². The topological polar surface area (TPSA) is 116 Å². The Balaban J connectivity index is 1.71. The van der Waals surface area contributed by atoms with E-state index in [1.807, 2.05) is 13.8 Å². The first-order valence-electron chi connectivity index (χ1n) is 10.8. The molecular formula is C22H36N2O6. The smallest absolute Gasteiger partial charge is 0.408 e. The largest absolute Gasteiger partial charge is 0.443 e. The van der Waals surface area contributed by atoms with Gasteiger partial charge in [0.25, 0.3) is 0 Å². The molecule has 2 saturated heterocycles. The molecule has 2 unspecified atom stereocenters. The van der Waals surface area contributed by atoms with Crippen LogP contribution in [0, 0.1) is 11.8 Å². The number of carbonyl (C=O) groups is 2. The number of carbonyl (C=O) groups excluding carboxylic acids is 2. The second-order valence-electron chi connectivity index (χ2n) is 9.59. The van der Waals surface area contributed by atoms with Gasteiger partial charge in [0.1, 0.15) is 29.5 Å². The summed E-state index contributed by atoms with van der Waals surface area (Å²) in [5, 5.41) is 2.59. The number of epoxide rings is 2. The van der Waals surface area contributed by atoms with Crippen molar-refractivity contribution in [3.8, 4) is 0 Å². The second-order valence-corrected chi connectivity index (χ2v) is 9.59. The Labute approximate surface area is 178 Å². The summed E-state index contributed by atoms with van der Waals surface area (Å²) in [6, 6.07) is -0.784. The second kappa shape index (κ2) is 8.48. The third-order valence-corrected chi connectivity index (χ3v) is 6.74. The van der Waals surface area contributed by atoms with Crippen LogP contribution in [0.1, 0.15) is 53.9 Å². The highest BCUT2D eigenvalue weighted by molar-refractivity contribution is 5.84. The molecule has 1 spiro atoms. The van der Waals surface area contributed by atoms with Crippen LogP contribution in [0.5, 0.6) is 0 Å². The minimum Gasteiger partial charge on any atom is -0.443 e. The first-order chi connectivity index (χ1) is 14.0. The van der Waals surface area contributed by atoms with E-state index in [-0.39, 0.29) is 29.6 Å². The molecule has 2 aliphatic heterocycles. The monoisotopic (exact) mass is 424 g/mol. The van der Waals surface area contributed by atoms with Crippen LogP contribution in [0.3, 0.4) is 0 Å². The quantitative estimate of drug-likeness (QED) is 0.456. The lowest BCUT2D eigenvalue weighted by molar-refractivity contribution is -0.123. The van der Waals surface area contributed by atoms with Crippen LogP contribution in [0.4, 0.5) is 4.79 Å². The Morgan fingerprint density at radius 2 is 2.00 bits per heavy atom. The molecule has 1 saturated carbocycles. The molecule has 7 atom stereocenters. The minimum absolute atomic E-state index is 0.0471. The third kappa shape index (κ3) is 4.50. The molecule has 3 fully saturated rings. The van der Waals surface area contributed by atoms with E-state index >= 15 is 0 Å². The average molecular weight is 425 g/mol. The van der Waals surface area contributed by atoms with Crippen LogP contribution in [0.25, 0.3) is 0 Å². The number of primary amides is 1. The number of methoxy groups -OCH3 is 1. The van der Waals surface area contributed by atoms with Crippen LogP contribution in [-0.4, -0.2) is 61.3 Å². The lowest BCUT2D eigenvalue weighted by atomic mass is 9.68. The van der Waals surface area contributed by atoms with E-state index in [4.69, 9.17) is 24.7 Å². The maximum Gasteiger partial charge on any atom is 0.408 e. The number of rotatable bonds is 8. The number of hydrogen-bond donors (Lipinski definition) is 2. The molecule has 0 bridgehead atoms. The van der Waals surface area contributed by atoms with E-state index in [2.05, 4.69) is 32.2 Å². The zero-order valence-electron chi connectivity index (χ0n) is 18.9. The molecule has 1 aliphatic carbocycles. The fraction of sp³-hybridized carbons (Fsp3) is 0.818. The summed E-state index contributed by atoms with van der Waals surface area (Å²) in [6.45, 7) is 10.5. The van der Waals surface area contributed by atoms with E-state index in [9.17, 15) is 9.59 Å². The van der Waals surface area contributed by atoms with Gasteiger partial charge in [0.05, 0.1) is 18.6 Å². The number of alkyl carbamates (subject to hydrolysis) is 1. The molecule has 0 aromatic carbocycles. The number of amides is 2. The van der Waals surface area contributed by atoms with Gasteiger partial charge in [-0.3, -0.25) is 4.79 Å². The Kier molecular flexibility index (Phi) is 6.51. The highest BCUT2D eigenvalue weighted by Gasteiger charge is 2.72. The van der Waals surface area contributed by atoms with Gasteiger partial charge in [-0.25, -0.2) is 4.79 Å². The molecule has 2 amide bonds. The maximum absolute atomic E-state index is 12.5. The van der Waals surface area contributed by atoms with Crippen LogP contribution in [-0.2, 0) is 23.7 Å². The van der Waals surface area contributed by atoms with Gasteiger partial charge in [-0.05, 0) is 46.0 Å². The number of nitrogens with one attached hydrogen (secondary N) is 1. The standard InChI is InChI=1S/C22H36N2O6/c1-12(2)7-8-15-21(5,30-15)18-17(27-6)14(9-10-22(18)11-28-22)29-20(26)24-16(13(3)4)19(23)25/h7,13-18H,8-11H2,1-6H3,(H2,23,25)(H,24,26)/t14-,15-,16?,17-,18-,21+,22?/m1/s1. The maximum atomic E-state index is 12.5. The molecule has 2 heterocycles. The van der Waals surface area contributed by atoms with Gasteiger partial charge in [-0.1, -0.05) is 25.5 Å². The summed E-state index contributed by atoms with van der Waals surface area (Å²) in [5.41, 5.74) is 5.98. The molecule has 8 nitrogen and oxygen atoms in total. The van der Waals surface area contributed by atoms with Crippen LogP contribution < -0.4 is 11.1 Å². The number of allylic oxidation sites excluding steroid dienone is 1. The number of ether oxygens (including phenoxy) is 4. The predicted molar refractivity (Wildman–Crippen MR) is 111 cm³/mol. The van der Waals surface area contributed by atoms with Crippen LogP contribution >= 0.6 is 0 Å². The Hall–Kier alpha value is -1.64. The van der Waals surface area contributed by atoms with E-state index < -0.39 is 29.7 Å². The Morgan fingerprint density at radius 3 is 2.50 bits per heavy atom. The van der Waals surface area contributed by atoms with Crippen molar-refractivity contribution < 1.29 is 28.5 Å².